The molecule has 8 heteroatoms. The number of hydrogen-bond acceptors (Lipinski definition) is 5. The minimum absolute atomic E-state index is 0.0504. The van der Waals surface area contributed by atoms with Gasteiger partial charge in [0.1, 0.15) is 18.4 Å². The van der Waals surface area contributed by atoms with Gasteiger partial charge in [0.25, 0.3) is 0 Å². The van der Waals surface area contributed by atoms with Crippen LogP contribution in [0.5, 0.6) is 0 Å². The van der Waals surface area contributed by atoms with Gasteiger partial charge >= 0.3 is 18.2 Å². The second-order valence-electron chi connectivity index (χ2n) is 10.5. The highest BCUT2D eigenvalue weighted by atomic mass is 16.6. The summed E-state index contributed by atoms with van der Waals surface area (Å²) in [6.07, 6.45) is -0.137. The van der Waals surface area contributed by atoms with Gasteiger partial charge in [0.2, 0.25) is 0 Å². The van der Waals surface area contributed by atoms with Gasteiger partial charge in [-0.2, -0.15) is 0 Å². The normalized spacial score (nSPS) is 19.2. The Kier molecular flexibility index (Phi) is 7.52. The predicted molar refractivity (Wildman–Crippen MR) is 135 cm³/mol. The standard InChI is InChI=1S/C28H34N2O6/c1-28(2,3)36-27(34)30-15-14-18(12-13-25(31)32)16-24(30)29-26(33)35-17-23-21-10-6-4-8-19(21)20-9-5-7-11-22(20)23/h4-11,18,23-24H,12-17H2,1-3H3,(H,29,33)(H,31,32). The first-order chi connectivity index (χ1) is 17.1. The number of aliphatic carboxylic acids is 1. The van der Waals surface area contributed by atoms with E-state index in [0.29, 0.717) is 25.8 Å². The molecular weight excluding hydrogens is 460 g/mol. The number of carbonyl (C=O) groups excluding carboxylic acids is 2. The number of fused-ring (bicyclic) bond motifs is 3. The van der Waals surface area contributed by atoms with Gasteiger partial charge in [0.15, 0.2) is 0 Å². The summed E-state index contributed by atoms with van der Waals surface area (Å²) in [5, 5.41) is 11.9. The Morgan fingerprint density at radius 1 is 1.03 bits per heavy atom. The fourth-order valence-corrected chi connectivity index (χ4v) is 5.08. The molecule has 36 heavy (non-hydrogen) atoms. The number of nitrogens with one attached hydrogen (secondary N) is 1. The predicted octanol–water partition coefficient (Wildman–Crippen LogP) is 5.36. The van der Waals surface area contributed by atoms with Crippen molar-refractivity contribution in [2.75, 3.05) is 13.2 Å². The van der Waals surface area contributed by atoms with Crippen LogP contribution in [-0.2, 0) is 14.3 Å². The van der Waals surface area contributed by atoms with Crippen molar-refractivity contribution in [2.24, 2.45) is 5.92 Å². The number of likely N-dealkylation sites (tertiary alicyclic amines) is 1. The minimum atomic E-state index is -0.856. The van der Waals surface area contributed by atoms with Gasteiger partial charge in [-0.05, 0) is 68.2 Å². The maximum Gasteiger partial charge on any atom is 0.411 e. The van der Waals surface area contributed by atoms with E-state index in [4.69, 9.17) is 14.6 Å². The summed E-state index contributed by atoms with van der Waals surface area (Å²) in [5.41, 5.74) is 3.85. The quantitative estimate of drug-likeness (QED) is 0.560. The zero-order valence-electron chi connectivity index (χ0n) is 21.0. The lowest BCUT2D eigenvalue weighted by molar-refractivity contribution is -0.137. The van der Waals surface area contributed by atoms with Crippen LogP contribution in [0.4, 0.5) is 9.59 Å². The maximum atomic E-state index is 12.9. The van der Waals surface area contributed by atoms with Gasteiger partial charge in [-0.1, -0.05) is 48.5 Å². The highest BCUT2D eigenvalue weighted by molar-refractivity contribution is 5.79. The first-order valence-corrected chi connectivity index (χ1v) is 12.5. The summed E-state index contributed by atoms with van der Waals surface area (Å²) in [6, 6.07) is 16.2. The van der Waals surface area contributed by atoms with Crippen molar-refractivity contribution in [3.63, 3.8) is 0 Å². The molecule has 0 spiro atoms. The van der Waals surface area contributed by atoms with Crippen LogP contribution in [0.25, 0.3) is 11.1 Å². The molecule has 4 rings (SSSR count). The second-order valence-corrected chi connectivity index (χ2v) is 10.5. The zero-order chi connectivity index (χ0) is 25.9. The van der Waals surface area contributed by atoms with E-state index in [1.807, 2.05) is 24.3 Å². The number of piperidine rings is 1. The third-order valence-corrected chi connectivity index (χ3v) is 6.73. The smallest absolute Gasteiger partial charge is 0.411 e. The number of carboxylic acids is 1. The summed E-state index contributed by atoms with van der Waals surface area (Å²) in [6.45, 7) is 5.91. The van der Waals surface area contributed by atoms with Gasteiger partial charge in [0, 0.05) is 18.9 Å². The van der Waals surface area contributed by atoms with E-state index in [9.17, 15) is 14.4 Å². The molecule has 8 nitrogen and oxygen atoms in total. The molecule has 2 unspecified atom stereocenters. The number of benzene rings is 2. The minimum Gasteiger partial charge on any atom is -0.481 e. The van der Waals surface area contributed by atoms with Crippen LogP contribution in [0.15, 0.2) is 48.5 Å². The van der Waals surface area contributed by atoms with Crippen molar-refractivity contribution in [2.45, 2.75) is 64.1 Å². The molecule has 1 aliphatic heterocycles. The molecule has 2 amide bonds. The van der Waals surface area contributed by atoms with Crippen molar-refractivity contribution >= 4 is 18.2 Å². The third kappa shape index (κ3) is 5.98. The maximum absolute atomic E-state index is 12.9. The molecule has 192 valence electrons. The zero-order valence-corrected chi connectivity index (χ0v) is 21.0. The van der Waals surface area contributed by atoms with E-state index < -0.39 is 29.9 Å². The first-order valence-electron chi connectivity index (χ1n) is 12.5. The van der Waals surface area contributed by atoms with Crippen molar-refractivity contribution in [3.05, 3.63) is 59.7 Å². The number of carboxylic acid groups (broad SMARTS) is 1. The van der Waals surface area contributed by atoms with Crippen LogP contribution >= 0.6 is 0 Å². The van der Waals surface area contributed by atoms with E-state index in [1.54, 1.807) is 20.8 Å². The SMILES string of the molecule is CC(C)(C)OC(=O)N1CCC(CCC(=O)O)CC1NC(=O)OCC1c2ccccc2-c2ccccc21. The number of amides is 2. The molecule has 0 aromatic heterocycles. The van der Waals surface area contributed by atoms with Crippen LogP contribution in [0.3, 0.4) is 0 Å². The monoisotopic (exact) mass is 494 g/mol. The van der Waals surface area contributed by atoms with Crippen molar-refractivity contribution in [1.82, 2.24) is 10.2 Å². The van der Waals surface area contributed by atoms with Crippen molar-refractivity contribution < 1.29 is 29.0 Å². The molecule has 1 aliphatic carbocycles. The number of rotatable bonds is 6. The number of hydrogen-bond donors (Lipinski definition) is 2. The average molecular weight is 495 g/mol. The number of nitrogens with zero attached hydrogens (tertiary/aromatic N) is 1. The van der Waals surface area contributed by atoms with Crippen molar-refractivity contribution in [3.8, 4) is 11.1 Å². The number of ether oxygens (including phenoxy) is 2. The Labute approximate surface area is 211 Å². The summed E-state index contributed by atoms with van der Waals surface area (Å²) in [7, 11) is 0. The average Bonchev–Trinajstić information content (AvgIpc) is 3.14. The molecule has 0 saturated carbocycles. The molecule has 0 bridgehead atoms. The van der Waals surface area contributed by atoms with E-state index in [-0.39, 0.29) is 24.9 Å². The van der Waals surface area contributed by atoms with E-state index >= 15 is 0 Å². The van der Waals surface area contributed by atoms with Gasteiger partial charge in [-0.3, -0.25) is 9.69 Å². The fraction of sp³-hybridized carbons (Fsp3) is 0.464. The van der Waals surface area contributed by atoms with Gasteiger partial charge < -0.3 is 19.9 Å². The Bertz CT molecular complexity index is 1080. The van der Waals surface area contributed by atoms with Crippen LogP contribution in [-0.4, -0.2) is 53.1 Å². The summed E-state index contributed by atoms with van der Waals surface area (Å²) >= 11 is 0. The van der Waals surface area contributed by atoms with Crippen LogP contribution in [0.1, 0.15) is 63.5 Å². The van der Waals surface area contributed by atoms with E-state index in [0.717, 1.165) is 22.3 Å². The van der Waals surface area contributed by atoms with Crippen LogP contribution in [0, 0.1) is 5.92 Å². The Morgan fingerprint density at radius 2 is 1.64 bits per heavy atom. The number of alkyl carbamates (subject to hydrolysis) is 1. The lowest BCUT2D eigenvalue weighted by atomic mass is 9.90. The molecule has 2 aromatic rings. The molecule has 2 aliphatic rings. The molecule has 2 aromatic carbocycles. The Morgan fingerprint density at radius 3 is 2.22 bits per heavy atom. The molecule has 2 N–H and O–H groups in total. The van der Waals surface area contributed by atoms with Crippen LogP contribution < -0.4 is 5.32 Å². The van der Waals surface area contributed by atoms with Gasteiger partial charge in [-0.25, -0.2) is 9.59 Å². The van der Waals surface area contributed by atoms with Crippen LogP contribution in [0.2, 0.25) is 0 Å². The third-order valence-electron chi connectivity index (χ3n) is 6.73. The largest absolute Gasteiger partial charge is 0.481 e. The van der Waals surface area contributed by atoms with Gasteiger partial charge in [-0.15, -0.1) is 0 Å². The molecule has 1 heterocycles. The summed E-state index contributed by atoms with van der Waals surface area (Å²) < 4.78 is 11.2. The Hall–Kier alpha value is -3.55. The highest BCUT2D eigenvalue weighted by Crippen LogP contribution is 2.44. The first kappa shape index (κ1) is 25.5. The van der Waals surface area contributed by atoms with E-state index in [2.05, 4.69) is 29.6 Å². The van der Waals surface area contributed by atoms with Gasteiger partial charge in [0.05, 0.1) is 0 Å². The summed E-state index contributed by atoms with van der Waals surface area (Å²) in [4.78, 5) is 38.3. The topological polar surface area (TPSA) is 105 Å². The van der Waals surface area contributed by atoms with E-state index in [1.165, 1.54) is 4.90 Å². The fourth-order valence-electron chi connectivity index (χ4n) is 5.08. The lowest BCUT2D eigenvalue weighted by Crippen LogP contribution is -2.56. The molecule has 2 atom stereocenters. The molecule has 1 saturated heterocycles. The number of carbonyl (C=O) groups is 3. The van der Waals surface area contributed by atoms with Crippen molar-refractivity contribution in [1.29, 1.82) is 0 Å². The molecular formula is C28H34N2O6. The molecule has 1 fully saturated rings. The summed E-state index contributed by atoms with van der Waals surface area (Å²) in [5.74, 6) is -0.857. The highest BCUT2D eigenvalue weighted by Gasteiger charge is 2.36. The Balaban J connectivity index is 1.43. The lowest BCUT2D eigenvalue weighted by Gasteiger charge is -2.39. The second kappa shape index (κ2) is 10.6. The molecule has 0 radical (unpaired) electrons.